The van der Waals surface area contributed by atoms with Crippen molar-refractivity contribution in [3.8, 4) is 0 Å². The molecule has 0 radical (unpaired) electrons. The van der Waals surface area contributed by atoms with Gasteiger partial charge in [0.05, 0.1) is 18.2 Å². The number of amides is 2. The summed E-state index contributed by atoms with van der Waals surface area (Å²) in [5.74, 6) is 0.162. The molecule has 1 spiro atoms. The van der Waals surface area contributed by atoms with Gasteiger partial charge in [0.1, 0.15) is 6.61 Å². The largest absolute Gasteiger partial charge is 0.387 e. The van der Waals surface area contributed by atoms with E-state index in [2.05, 4.69) is 12.2 Å². The summed E-state index contributed by atoms with van der Waals surface area (Å²) in [6, 6.07) is 7.81. The monoisotopic (exact) mass is 372 g/mol. The third-order valence-corrected chi connectivity index (χ3v) is 6.52. The third-order valence-electron chi connectivity index (χ3n) is 6.52. The summed E-state index contributed by atoms with van der Waals surface area (Å²) < 4.78 is 6.28. The molecule has 3 saturated heterocycles. The second-order valence-corrected chi connectivity index (χ2v) is 8.12. The minimum absolute atomic E-state index is 0.0591. The molecular weight excluding hydrogens is 344 g/mol. The normalized spacial score (nSPS) is 31.2. The molecule has 3 aliphatic rings. The van der Waals surface area contributed by atoms with Crippen LogP contribution in [0.4, 0.5) is 0 Å². The summed E-state index contributed by atoms with van der Waals surface area (Å²) in [4.78, 5) is 26.2. The fourth-order valence-electron chi connectivity index (χ4n) is 5.18. The predicted molar refractivity (Wildman–Crippen MR) is 100 cm³/mol. The first-order chi connectivity index (χ1) is 13.1. The van der Waals surface area contributed by atoms with Gasteiger partial charge in [-0.25, -0.2) is 0 Å². The van der Waals surface area contributed by atoms with Gasteiger partial charge in [-0.3, -0.25) is 9.59 Å². The molecule has 3 fully saturated rings. The molecular formula is C21H28N2O4. The van der Waals surface area contributed by atoms with E-state index in [0.717, 1.165) is 25.7 Å². The van der Waals surface area contributed by atoms with Crippen LogP contribution in [0, 0.1) is 11.8 Å². The lowest BCUT2D eigenvalue weighted by Crippen LogP contribution is -2.41. The molecule has 1 aromatic carbocycles. The standard InChI is InChI=1S/C21H28N2O4/c1-2-3-14-4-6-15(7-5-14)20(26)22-10-16-17-11-23(19(25)12-24)13-21(17)9-8-18(16)27-21/h4-7,16-18,24H,2-3,8-13H2,1H3,(H,22,26)/t16-,17+,18+,21+/m0/s1. The topological polar surface area (TPSA) is 78.9 Å². The maximum Gasteiger partial charge on any atom is 0.251 e. The Bertz CT molecular complexity index is 719. The summed E-state index contributed by atoms with van der Waals surface area (Å²) in [7, 11) is 0. The number of carbonyl (C=O) groups is 2. The molecule has 6 nitrogen and oxygen atoms in total. The third kappa shape index (κ3) is 3.25. The van der Waals surface area contributed by atoms with E-state index in [1.807, 2.05) is 24.3 Å². The molecule has 27 heavy (non-hydrogen) atoms. The first kappa shape index (κ1) is 18.4. The van der Waals surface area contributed by atoms with E-state index in [4.69, 9.17) is 9.84 Å². The van der Waals surface area contributed by atoms with Gasteiger partial charge in [-0.15, -0.1) is 0 Å². The van der Waals surface area contributed by atoms with Crippen LogP contribution in [-0.4, -0.2) is 59.8 Å². The number of benzene rings is 1. The van der Waals surface area contributed by atoms with Crippen LogP contribution < -0.4 is 5.32 Å². The van der Waals surface area contributed by atoms with Gasteiger partial charge in [0.15, 0.2) is 0 Å². The number of aliphatic hydroxyl groups is 1. The van der Waals surface area contributed by atoms with Crippen LogP contribution in [-0.2, 0) is 16.0 Å². The average molecular weight is 372 g/mol. The van der Waals surface area contributed by atoms with Crippen LogP contribution in [0.1, 0.15) is 42.1 Å². The van der Waals surface area contributed by atoms with E-state index in [9.17, 15) is 9.59 Å². The molecule has 3 aliphatic heterocycles. The number of aliphatic hydroxyl groups excluding tert-OH is 1. The number of nitrogens with zero attached hydrogens (tertiary/aromatic N) is 1. The maximum atomic E-state index is 12.5. The number of rotatable bonds is 6. The zero-order valence-corrected chi connectivity index (χ0v) is 15.8. The molecule has 4 atom stereocenters. The van der Waals surface area contributed by atoms with Gasteiger partial charge in [0.25, 0.3) is 5.91 Å². The summed E-state index contributed by atoms with van der Waals surface area (Å²) in [6.45, 7) is 3.43. The lowest BCUT2D eigenvalue weighted by molar-refractivity contribution is -0.134. The summed E-state index contributed by atoms with van der Waals surface area (Å²) in [5.41, 5.74) is 1.65. The molecule has 146 valence electrons. The molecule has 2 amide bonds. The molecule has 0 aliphatic carbocycles. The molecule has 0 unspecified atom stereocenters. The van der Waals surface area contributed by atoms with Crippen molar-refractivity contribution >= 4 is 11.8 Å². The number of hydrogen-bond donors (Lipinski definition) is 2. The summed E-state index contributed by atoms with van der Waals surface area (Å²) in [5, 5.41) is 12.2. The van der Waals surface area contributed by atoms with Crippen molar-refractivity contribution in [2.45, 2.75) is 44.3 Å². The first-order valence-corrected chi connectivity index (χ1v) is 10.00. The maximum absolute atomic E-state index is 12.5. The van der Waals surface area contributed by atoms with Crippen LogP contribution in [0.3, 0.4) is 0 Å². The molecule has 2 N–H and O–H groups in total. The van der Waals surface area contributed by atoms with E-state index in [-0.39, 0.29) is 35.4 Å². The van der Waals surface area contributed by atoms with Crippen LogP contribution >= 0.6 is 0 Å². The molecule has 1 aromatic rings. The van der Waals surface area contributed by atoms with Crippen LogP contribution in [0.25, 0.3) is 0 Å². The number of likely N-dealkylation sites (tertiary alicyclic amines) is 1. The van der Waals surface area contributed by atoms with Crippen molar-refractivity contribution in [1.29, 1.82) is 0 Å². The number of nitrogens with one attached hydrogen (secondary N) is 1. The smallest absolute Gasteiger partial charge is 0.251 e. The van der Waals surface area contributed by atoms with E-state index in [0.29, 0.717) is 25.2 Å². The van der Waals surface area contributed by atoms with Gasteiger partial charge in [-0.2, -0.15) is 0 Å². The molecule has 0 aromatic heterocycles. The zero-order valence-electron chi connectivity index (χ0n) is 15.8. The Labute approximate surface area is 159 Å². The Kier molecular flexibility index (Phi) is 4.95. The SMILES string of the molecule is CCCc1ccc(C(=O)NC[C@H]2[C@H]3CN(C(=O)CO)C[C@]34CC[C@H]2O4)cc1. The van der Waals surface area contributed by atoms with Crippen LogP contribution in [0.2, 0.25) is 0 Å². The average Bonchev–Trinajstić information content (AvgIpc) is 3.35. The fraction of sp³-hybridized carbons (Fsp3) is 0.619. The minimum atomic E-state index is -0.457. The van der Waals surface area contributed by atoms with Crippen molar-refractivity contribution in [2.24, 2.45) is 11.8 Å². The van der Waals surface area contributed by atoms with E-state index >= 15 is 0 Å². The lowest BCUT2D eigenvalue weighted by atomic mass is 9.73. The molecule has 2 bridgehead atoms. The van der Waals surface area contributed by atoms with Crippen LogP contribution in [0.5, 0.6) is 0 Å². The Morgan fingerprint density at radius 2 is 2.11 bits per heavy atom. The fourth-order valence-corrected chi connectivity index (χ4v) is 5.18. The predicted octanol–water partition coefficient (Wildman–Crippen LogP) is 1.37. The zero-order chi connectivity index (χ0) is 19.0. The van der Waals surface area contributed by atoms with Gasteiger partial charge in [-0.05, 0) is 37.0 Å². The Morgan fingerprint density at radius 1 is 1.33 bits per heavy atom. The Hall–Kier alpha value is -1.92. The van der Waals surface area contributed by atoms with Gasteiger partial charge in [0, 0.05) is 30.5 Å². The molecule has 4 rings (SSSR count). The van der Waals surface area contributed by atoms with Crippen LogP contribution in [0.15, 0.2) is 24.3 Å². The highest BCUT2D eigenvalue weighted by atomic mass is 16.5. The van der Waals surface area contributed by atoms with E-state index < -0.39 is 6.61 Å². The van der Waals surface area contributed by atoms with Crippen molar-refractivity contribution in [1.82, 2.24) is 10.2 Å². The second kappa shape index (κ2) is 7.24. The number of ether oxygens (including phenoxy) is 1. The number of carbonyl (C=O) groups excluding carboxylic acids is 2. The van der Waals surface area contributed by atoms with Crippen molar-refractivity contribution in [2.75, 3.05) is 26.2 Å². The number of fused-ring (bicyclic) bond motifs is 1. The van der Waals surface area contributed by atoms with Crippen molar-refractivity contribution < 1.29 is 19.4 Å². The second-order valence-electron chi connectivity index (χ2n) is 8.12. The highest BCUT2D eigenvalue weighted by Crippen LogP contribution is 2.54. The molecule has 6 heteroatoms. The van der Waals surface area contributed by atoms with E-state index in [1.54, 1.807) is 4.90 Å². The highest BCUT2D eigenvalue weighted by molar-refractivity contribution is 5.94. The van der Waals surface area contributed by atoms with Gasteiger partial charge < -0.3 is 20.1 Å². The Morgan fingerprint density at radius 3 is 2.81 bits per heavy atom. The number of aryl methyl sites for hydroxylation is 1. The van der Waals surface area contributed by atoms with Crippen molar-refractivity contribution in [3.05, 3.63) is 35.4 Å². The number of hydrogen-bond acceptors (Lipinski definition) is 4. The summed E-state index contributed by atoms with van der Waals surface area (Å²) >= 11 is 0. The highest BCUT2D eigenvalue weighted by Gasteiger charge is 2.63. The molecule has 3 heterocycles. The quantitative estimate of drug-likeness (QED) is 0.791. The lowest BCUT2D eigenvalue weighted by Gasteiger charge is -2.29. The van der Waals surface area contributed by atoms with E-state index in [1.165, 1.54) is 5.56 Å². The minimum Gasteiger partial charge on any atom is -0.387 e. The molecule has 0 saturated carbocycles. The first-order valence-electron chi connectivity index (χ1n) is 10.00. The van der Waals surface area contributed by atoms with Gasteiger partial charge >= 0.3 is 0 Å². The van der Waals surface area contributed by atoms with Gasteiger partial charge in [0.2, 0.25) is 5.91 Å². The Balaban J connectivity index is 1.38. The summed E-state index contributed by atoms with van der Waals surface area (Å²) in [6.07, 6.45) is 4.21. The van der Waals surface area contributed by atoms with Gasteiger partial charge in [-0.1, -0.05) is 25.5 Å². The van der Waals surface area contributed by atoms with Crippen molar-refractivity contribution in [3.63, 3.8) is 0 Å².